The zero-order valence-electron chi connectivity index (χ0n) is 13.9. The molecule has 2 aliphatic rings. The fourth-order valence-electron chi connectivity index (χ4n) is 4.65. The number of nitrogens with two attached hydrogens (primary N) is 1. The summed E-state index contributed by atoms with van der Waals surface area (Å²) >= 11 is 0. The summed E-state index contributed by atoms with van der Waals surface area (Å²) in [6.45, 7) is 8.21. The predicted octanol–water partition coefficient (Wildman–Crippen LogP) is 4.19. The fourth-order valence-corrected chi connectivity index (χ4v) is 4.65. The van der Waals surface area contributed by atoms with Crippen LogP contribution in [0.3, 0.4) is 0 Å². The highest BCUT2D eigenvalue weighted by Gasteiger charge is 2.39. The van der Waals surface area contributed by atoms with E-state index >= 15 is 0 Å². The average molecular weight is 280 g/mol. The Bertz CT molecular complexity index is 269. The standard InChI is InChI=1S/C18H36N2/c1-16(2)13-17-9-8-10-18(14-17,15-19)20-11-6-4-3-5-7-12-20/h16-17H,3-15,19H2,1-2H3. The van der Waals surface area contributed by atoms with E-state index in [9.17, 15) is 0 Å². The summed E-state index contributed by atoms with van der Waals surface area (Å²) in [6, 6.07) is 0. The lowest BCUT2D eigenvalue weighted by Crippen LogP contribution is -2.57. The Hall–Kier alpha value is -0.0800. The van der Waals surface area contributed by atoms with Crippen LogP contribution in [0.15, 0.2) is 0 Å². The maximum Gasteiger partial charge on any atom is 0.0334 e. The van der Waals surface area contributed by atoms with Gasteiger partial charge in [0.05, 0.1) is 0 Å². The lowest BCUT2D eigenvalue weighted by atomic mass is 9.72. The largest absolute Gasteiger partial charge is 0.329 e. The Morgan fingerprint density at radius 1 is 1.05 bits per heavy atom. The molecule has 20 heavy (non-hydrogen) atoms. The highest BCUT2D eigenvalue weighted by Crippen LogP contribution is 2.39. The molecule has 1 heterocycles. The summed E-state index contributed by atoms with van der Waals surface area (Å²) in [7, 11) is 0. The van der Waals surface area contributed by atoms with Crippen LogP contribution in [-0.4, -0.2) is 30.1 Å². The molecule has 0 amide bonds. The normalized spacial score (nSPS) is 33.9. The van der Waals surface area contributed by atoms with Crippen LogP contribution < -0.4 is 5.73 Å². The summed E-state index contributed by atoms with van der Waals surface area (Å²) in [5.74, 6) is 1.75. The molecule has 0 bridgehead atoms. The number of rotatable bonds is 4. The van der Waals surface area contributed by atoms with Crippen molar-refractivity contribution in [1.29, 1.82) is 0 Å². The van der Waals surface area contributed by atoms with Crippen LogP contribution in [0.1, 0.15) is 78.1 Å². The first-order valence-electron chi connectivity index (χ1n) is 9.11. The predicted molar refractivity (Wildman–Crippen MR) is 87.9 cm³/mol. The van der Waals surface area contributed by atoms with Gasteiger partial charge in [0, 0.05) is 12.1 Å². The van der Waals surface area contributed by atoms with Crippen molar-refractivity contribution in [2.75, 3.05) is 19.6 Å². The van der Waals surface area contributed by atoms with Crippen LogP contribution >= 0.6 is 0 Å². The van der Waals surface area contributed by atoms with Gasteiger partial charge in [-0.15, -0.1) is 0 Å². The van der Waals surface area contributed by atoms with Crippen molar-refractivity contribution in [2.24, 2.45) is 17.6 Å². The number of hydrogen-bond donors (Lipinski definition) is 1. The zero-order valence-corrected chi connectivity index (χ0v) is 13.9. The maximum atomic E-state index is 6.31. The van der Waals surface area contributed by atoms with E-state index in [1.54, 1.807) is 0 Å². The minimum absolute atomic E-state index is 0.342. The molecular weight excluding hydrogens is 244 g/mol. The van der Waals surface area contributed by atoms with Crippen molar-refractivity contribution < 1.29 is 0 Å². The molecule has 0 aromatic carbocycles. The molecule has 1 aliphatic heterocycles. The van der Waals surface area contributed by atoms with E-state index in [0.29, 0.717) is 5.54 Å². The summed E-state index contributed by atoms with van der Waals surface area (Å²) in [6.07, 6.45) is 14.0. The average Bonchev–Trinajstić information content (AvgIpc) is 2.37. The van der Waals surface area contributed by atoms with Crippen molar-refractivity contribution in [1.82, 2.24) is 4.90 Å². The molecule has 2 unspecified atom stereocenters. The first kappa shape index (κ1) is 16.3. The molecule has 0 aromatic rings. The first-order chi connectivity index (χ1) is 9.66. The molecule has 0 aromatic heterocycles. The Labute approximate surface area is 126 Å². The second-order valence-electron chi connectivity index (χ2n) is 7.78. The lowest BCUT2D eigenvalue weighted by Gasteiger charge is -2.49. The van der Waals surface area contributed by atoms with Crippen molar-refractivity contribution >= 4 is 0 Å². The highest BCUT2D eigenvalue weighted by atomic mass is 15.2. The van der Waals surface area contributed by atoms with Crippen molar-refractivity contribution in [3.63, 3.8) is 0 Å². The Morgan fingerprint density at radius 3 is 2.30 bits per heavy atom. The van der Waals surface area contributed by atoms with Crippen LogP contribution in [0.5, 0.6) is 0 Å². The van der Waals surface area contributed by atoms with Gasteiger partial charge >= 0.3 is 0 Å². The molecule has 118 valence electrons. The molecule has 2 nitrogen and oxygen atoms in total. The van der Waals surface area contributed by atoms with E-state index in [1.807, 2.05) is 0 Å². The maximum absolute atomic E-state index is 6.31. The van der Waals surface area contributed by atoms with E-state index < -0.39 is 0 Å². The molecule has 2 fully saturated rings. The minimum Gasteiger partial charge on any atom is -0.329 e. The van der Waals surface area contributed by atoms with Crippen LogP contribution in [0.4, 0.5) is 0 Å². The number of nitrogens with zero attached hydrogens (tertiary/aromatic N) is 1. The van der Waals surface area contributed by atoms with Gasteiger partial charge in [-0.1, -0.05) is 46.0 Å². The molecule has 1 saturated heterocycles. The molecule has 2 heteroatoms. The third kappa shape index (κ3) is 4.21. The molecule has 1 aliphatic carbocycles. The van der Waals surface area contributed by atoms with Gasteiger partial charge in [-0.05, 0) is 57.0 Å². The Morgan fingerprint density at radius 2 is 1.70 bits per heavy atom. The van der Waals surface area contributed by atoms with Crippen molar-refractivity contribution in [3.8, 4) is 0 Å². The molecule has 0 spiro atoms. The second-order valence-corrected chi connectivity index (χ2v) is 7.78. The molecule has 1 saturated carbocycles. The zero-order chi connectivity index (χ0) is 14.4. The van der Waals surface area contributed by atoms with Crippen LogP contribution in [0.25, 0.3) is 0 Å². The summed E-state index contributed by atoms with van der Waals surface area (Å²) in [4.78, 5) is 2.80. The van der Waals surface area contributed by atoms with Crippen molar-refractivity contribution in [3.05, 3.63) is 0 Å². The summed E-state index contributed by atoms with van der Waals surface area (Å²) in [5.41, 5.74) is 6.65. The molecular formula is C18H36N2. The van der Waals surface area contributed by atoms with Crippen LogP contribution in [-0.2, 0) is 0 Å². The Kier molecular flexibility index (Phi) is 6.35. The van der Waals surface area contributed by atoms with Gasteiger partial charge in [-0.3, -0.25) is 4.90 Å². The van der Waals surface area contributed by atoms with Gasteiger partial charge in [0.2, 0.25) is 0 Å². The second kappa shape index (κ2) is 7.79. The van der Waals surface area contributed by atoms with Crippen molar-refractivity contribution in [2.45, 2.75) is 83.6 Å². The summed E-state index contributed by atoms with van der Waals surface area (Å²) in [5, 5.41) is 0. The smallest absolute Gasteiger partial charge is 0.0334 e. The van der Waals surface area contributed by atoms with Gasteiger partial charge in [-0.2, -0.15) is 0 Å². The van der Waals surface area contributed by atoms with E-state index in [1.165, 1.54) is 77.3 Å². The van der Waals surface area contributed by atoms with Gasteiger partial charge in [0.25, 0.3) is 0 Å². The van der Waals surface area contributed by atoms with Gasteiger partial charge in [0.1, 0.15) is 0 Å². The van der Waals surface area contributed by atoms with E-state index in [4.69, 9.17) is 5.73 Å². The van der Waals surface area contributed by atoms with E-state index in [2.05, 4.69) is 18.7 Å². The first-order valence-corrected chi connectivity index (χ1v) is 9.11. The van der Waals surface area contributed by atoms with E-state index in [0.717, 1.165) is 18.4 Å². The third-order valence-electron chi connectivity index (χ3n) is 5.63. The monoisotopic (exact) mass is 280 g/mol. The Balaban J connectivity index is 2.02. The molecule has 2 rings (SSSR count). The molecule has 2 atom stereocenters. The van der Waals surface area contributed by atoms with Gasteiger partial charge < -0.3 is 5.73 Å². The van der Waals surface area contributed by atoms with Crippen LogP contribution in [0, 0.1) is 11.8 Å². The van der Waals surface area contributed by atoms with E-state index in [-0.39, 0.29) is 0 Å². The fraction of sp³-hybridized carbons (Fsp3) is 1.00. The highest BCUT2D eigenvalue weighted by molar-refractivity contribution is 4.97. The van der Waals surface area contributed by atoms with Crippen LogP contribution in [0.2, 0.25) is 0 Å². The third-order valence-corrected chi connectivity index (χ3v) is 5.63. The van der Waals surface area contributed by atoms with Gasteiger partial charge in [0.15, 0.2) is 0 Å². The number of likely N-dealkylation sites (tertiary alicyclic amines) is 1. The topological polar surface area (TPSA) is 29.3 Å². The molecule has 0 radical (unpaired) electrons. The quantitative estimate of drug-likeness (QED) is 0.837. The lowest BCUT2D eigenvalue weighted by molar-refractivity contribution is 0.0254. The van der Waals surface area contributed by atoms with Gasteiger partial charge in [-0.25, -0.2) is 0 Å². The summed E-state index contributed by atoms with van der Waals surface area (Å²) < 4.78 is 0. The minimum atomic E-state index is 0.342. The SMILES string of the molecule is CC(C)CC1CCCC(CN)(N2CCCCCCC2)C1. The molecule has 2 N–H and O–H groups in total. The number of hydrogen-bond acceptors (Lipinski definition) is 2.